The zero-order valence-corrected chi connectivity index (χ0v) is 14.1. The maximum absolute atomic E-state index is 12.3. The molecule has 2 heterocycles. The maximum atomic E-state index is 12.3. The molecule has 132 valence electrons. The van der Waals surface area contributed by atoms with Gasteiger partial charge in [0.1, 0.15) is 12.7 Å². The number of aryl methyl sites for hydroxylation is 1. The highest BCUT2D eigenvalue weighted by Crippen LogP contribution is 2.60. The molecule has 3 fully saturated rings. The summed E-state index contributed by atoms with van der Waals surface area (Å²) in [5, 5.41) is 13.9. The van der Waals surface area contributed by atoms with Crippen LogP contribution >= 0.6 is 0 Å². The summed E-state index contributed by atoms with van der Waals surface area (Å²) in [4.78, 5) is 12.3. The molecule has 7 heteroatoms. The molecule has 1 saturated heterocycles. The van der Waals surface area contributed by atoms with Crippen molar-refractivity contribution >= 4 is 6.03 Å². The van der Waals surface area contributed by atoms with E-state index in [4.69, 9.17) is 4.74 Å². The molecule has 1 spiro atoms. The fourth-order valence-corrected chi connectivity index (χ4v) is 5.06. The number of carbonyl (C=O) groups is 1. The third-order valence-electron chi connectivity index (χ3n) is 6.17. The smallest absolute Gasteiger partial charge is 0.315 e. The molecule has 2 saturated carbocycles. The minimum absolute atomic E-state index is 0.0130. The second-order valence-corrected chi connectivity index (χ2v) is 7.47. The van der Waals surface area contributed by atoms with Crippen LogP contribution in [0.5, 0.6) is 0 Å². The van der Waals surface area contributed by atoms with Crippen molar-refractivity contribution in [2.24, 2.45) is 11.3 Å². The van der Waals surface area contributed by atoms with Gasteiger partial charge in [-0.1, -0.05) is 12.8 Å². The average molecular weight is 333 g/mol. The summed E-state index contributed by atoms with van der Waals surface area (Å²) in [6.45, 7) is 2.46. The maximum Gasteiger partial charge on any atom is 0.315 e. The molecule has 2 amide bonds. The van der Waals surface area contributed by atoms with Crippen LogP contribution in [0.15, 0.2) is 12.7 Å². The number of nitrogens with one attached hydrogen (secondary N) is 2. The number of nitrogens with zero attached hydrogens (tertiary/aromatic N) is 3. The highest BCUT2D eigenvalue weighted by Gasteiger charge is 2.65. The first-order chi connectivity index (χ1) is 11.8. The van der Waals surface area contributed by atoms with Crippen molar-refractivity contribution in [1.29, 1.82) is 0 Å². The highest BCUT2D eigenvalue weighted by atomic mass is 16.5. The van der Waals surface area contributed by atoms with E-state index in [-0.39, 0.29) is 11.4 Å². The van der Waals surface area contributed by atoms with Crippen molar-refractivity contribution in [2.75, 3.05) is 13.2 Å². The molecule has 7 nitrogen and oxygen atoms in total. The Hall–Kier alpha value is -1.63. The molecule has 0 radical (unpaired) electrons. The first-order valence-corrected chi connectivity index (χ1v) is 9.28. The Balaban J connectivity index is 1.20. The quantitative estimate of drug-likeness (QED) is 0.777. The number of ether oxygens (including phenoxy) is 1. The van der Waals surface area contributed by atoms with Crippen molar-refractivity contribution in [1.82, 2.24) is 25.4 Å². The highest BCUT2D eigenvalue weighted by molar-refractivity contribution is 5.74. The molecule has 0 aromatic carbocycles. The molecule has 1 aromatic heterocycles. The number of aromatic nitrogens is 3. The van der Waals surface area contributed by atoms with Crippen LogP contribution in [0.4, 0.5) is 4.79 Å². The van der Waals surface area contributed by atoms with Crippen LogP contribution in [0, 0.1) is 11.3 Å². The minimum Gasteiger partial charge on any atom is -0.377 e. The van der Waals surface area contributed by atoms with E-state index in [2.05, 4.69) is 20.8 Å². The van der Waals surface area contributed by atoms with Gasteiger partial charge in [-0.2, -0.15) is 0 Å². The van der Waals surface area contributed by atoms with Crippen LogP contribution in [0.25, 0.3) is 0 Å². The summed E-state index contributed by atoms with van der Waals surface area (Å²) in [5.74, 6) is 0.530. The number of unbranched alkanes of at least 4 members (excludes halogenated alkanes) is 1. The minimum atomic E-state index is -0.0130. The number of rotatable bonds is 6. The SMILES string of the molecule is O=C(NCCCCn1cnnc1)N[C@@H]1[C@H]2CCO[C@@H]2C12CCCC2. The van der Waals surface area contributed by atoms with E-state index in [9.17, 15) is 4.79 Å². The lowest BCUT2D eigenvalue weighted by molar-refractivity contribution is -0.126. The number of hydrogen-bond donors (Lipinski definition) is 2. The van der Waals surface area contributed by atoms with Crippen molar-refractivity contribution in [2.45, 2.75) is 63.6 Å². The van der Waals surface area contributed by atoms with Gasteiger partial charge in [0.25, 0.3) is 0 Å². The third-order valence-corrected chi connectivity index (χ3v) is 6.17. The first kappa shape index (κ1) is 15.9. The molecule has 2 N–H and O–H groups in total. The molecule has 1 aliphatic heterocycles. The standard InChI is InChI=1S/C17H27N5O2/c23-16(18-8-3-4-9-22-11-19-20-12-22)21-14-13-5-10-24-15(13)17(14)6-1-2-7-17/h11-15H,1-10H2,(H2,18,21,23)/t13-,14-,15+/m1/s1. The fourth-order valence-electron chi connectivity index (χ4n) is 5.06. The summed E-state index contributed by atoms with van der Waals surface area (Å²) in [5.41, 5.74) is 0.229. The van der Waals surface area contributed by atoms with Gasteiger partial charge in [0.2, 0.25) is 0 Å². The van der Waals surface area contributed by atoms with E-state index in [1.807, 2.05) is 4.57 Å². The van der Waals surface area contributed by atoms with Crippen LogP contribution in [-0.4, -0.2) is 46.1 Å². The van der Waals surface area contributed by atoms with Crippen LogP contribution in [-0.2, 0) is 11.3 Å². The molecule has 24 heavy (non-hydrogen) atoms. The lowest BCUT2D eigenvalue weighted by Gasteiger charge is -2.56. The average Bonchev–Trinajstić information content (AvgIpc) is 3.31. The monoisotopic (exact) mass is 333 g/mol. The van der Waals surface area contributed by atoms with Crippen molar-refractivity contribution < 1.29 is 9.53 Å². The first-order valence-electron chi connectivity index (χ1n) is 9.28. The molecule has 1 aromatic rings. The van der Waals surface area contributed by atoms with Gasteiger partial charge in [0.15, 0.2) is 0 Å². The third kappa shape index (κ3) is 2.79. The number of hydrogen-bond acceptors (Lipinski definition) is 4. The molecule has 3 atom stereocenters. The van der Waals surface area contributed by atoms with Gasteiger partial charge in [0, 0.05) is 37.1 Å². The number of fused-ring (bicyclic) bond motifs is 2. The molecule has 3 aliphatic rings. The number of amides is 2. The van der Waals surface area contributed by atoms with E-state index in [0.717, 1.165) is 32.4 Å². The molecule has 0 bridgehead atoms. The molecule has 0 unspecified atom stereocenters. The van der Waals surface area contributed by atoms with E-state index in [0.29, 0.717) is 24.6 Å². The van der Waals surface area contributed by atoms with Gasteiger partial charge in [-0.3, -0.25) is 0 Å². The normalized spacial score (nSPS) is 30.1. The Morgan fingerprint density at radius 1 is 1.25 bits per heavy atom. The fraction of sp³-hybridized carbons (Fsp3) is 0.824. The predicted octanol–water partition coefficient (Wildman–Crippen LogP) is 1.71. The van der Waals surface area contributed by atoms with Gasteiger partial charge in [-0.25, -0.2) is 4.79 Å². The van der Waals surface area contributed by atoms with Crippen LogP contribution in [0.2, 0.25) is 0 Å². The Morgan fingerprint density at radius 3 is 2.83 bits per heavy atom. The Morgan fingerprint density at radius 2 is 2.04 bits per heavy atom. The second kappa shape index (κ2) is 6.70. The molecular formula is C17H27N5O2. The van der Waals surface area contributed by atoms with E-state index in [1.54, 1.807) is 12.7 Å². The summed E-state index contributed by atoms with van der Waals surface area (Å²) < 4.78 is 7.92. The zero-order chi connectivity index (χ0) is 16.4. The van der Waals surface area contributed by atoms with E-state index >= 15 is 0 Å². The Kier molecular flexibility index (Phi) is 4.43. The lowest BCUT2D eigenvalue weighted by Crippen LogP contribution is -2.69. The van der Waals surface area contributed by atoms with Gasteiger partial charge in [-0.15, -0.1) is 10.2 Å². The van der Waals surface area contributed by atoms with Crippen molar-refractivity contribution in [3.63, 3.8) is 0 Å². The van der Waals surface area contributed by atoms with Crippen LogP contribution in [0.1, 0.15) is 44.9 Å². The summed E-state index contributed by atoms with van der Waals surface area (Å²) >= 11 is 0. The largest absolute Gasteiger partial charge is 0.377 e. The zero-order valence-electron chi connectivity index (χ0n) is 14.1. The van der Waals surface area contributed by atoms with Crippen molar-refractivity contribution in [3.05, 3.63) is 12.7 Å². The van der Waals surface area contributed by atoms with Crippen molar-refractivity contribution in [3.8, 4) is 0 Å². The van der Waals surface area contributed by atoms with E-state index in [1.165, 1.54) is 25.7 Å². The Labute approximate surface area is 142 Å². The van der Waals surface area contributed by atoms with Gasteiger partial charge in [-0.05, 0) is 32.1 Å². The summed E-state index contributed by atoms with van der Waals surface area (Å²) in [6, 6.07) is 0.297. The van der Waals surface area contributed by atoms with Gasteiger partial charge in [0.05, 0.1) is 6.10 Å². The molecular weight excluding hydrogens is 306 g/mol. The molecule has 4 rings (SSSR count). The van der Waals surface area contributed by atoms with E-state index < -0.39 is 0 Å². The van der Waals surface area contributed by atoms with Crippen LogP contribution < -0.4 is 10.6 Å². The topological polar surface area (TPSA) is 81.1 Å². The second-order valence-electron chi connectivity index (χ2n) is 7.47. The van der Waals surface area contributed by atoms with Crippen LogP contribution in [0.3, 0.4) is 0 Å². The number of urea groups is 1. The predicted molar refractivity (Wildman–Crippen MR) is 88.3 cm³/mol. The summed E-state index contributed by atoms with van der Waals surface area (Å²) in [7, 11) is 0. The van der Waals surface area contributed by atoms with Gasteiger partial charge >= 0.3 is 6.03 Å². The number of carbonyl (C=O) groups excluding carboxylic acids is 1. The summed E-state index contributed by atoms with van der Waals surface area (Å²) in [6.07, 6.45) is 11.8. The molecule has 2 aliphatic carbocycles. The lowest BCUT2D eigenvalue weighted by atomic mass is 9.54. The Bertz CT molecular complexity index is 555. The van der Waals surface area contributed by atoms with Gasteiger partial charge < -0.3 is 19.9 Å².